The normalized spacial score (nSPS) is 16.0. The summed E-state index contributed by atoms with van der Waals surface area (Å²) in [7, 11) is 0. The molecule has 1 aliphatic heterocycles. The Hall–Kier alpha value is -0.300. The lowest BCUT2D eigenvalue weighted by molar-refractivity contribution is 0.198. The lowest BCUT2D eigenvalue weighted by atomic mass is 10.1. The van der Waals surface area contributed by atoms with Gasteiger partial charge in [0.2, 0.25) is 0 Å². The molecule has 0 N–H and O–H groups in total. The fourth-order valence-corrected chi connectivity index (χ4v) is 1.20. The molecule has 1 saturated heterocycles. The van der Waals surface area contributed by atoms with Crippen molar-refractivity contribution >= 4 is 0 Å². The average molecular weight is 198 g/mol. The van der Waals surface area contributed by atoms with E-state index in [0.29, 0.717) is 0 Å². The van der Waals surface area contributed by atoms with Crippen LogP contribution < -0.4 is 0 Å². The van der Waals surface area contributed by atoms with Gasteiger partial charge in [-0.05, 0) is 25.2 Å². The van der Waals surface area contributed by atoms with Crippen molar-refractivity contribution in [3.63, 3.8) is 0 Å². The van der Waals surface area contributed by atoms with Gasteiger partial charge in [-0.25, -0.2) is 0 Å². The summed E-state index contributed by atoms with van der Waals surface area (Å²) in [6, 6.07) is 0. The lowest BCUT2D eigenvalue weighted by Gasteiger charge is -1.92. The zero-order valence-electron chi connectivity index (χ0n) is 10.1. The van der Waals surface area contributed by atoms with Gasteiger partial charge in [0.05, 0.1) is 0 Å². The Kier molecular flexibility index (Phi) is 10.5. The van der Waals surface area contributed by atoms with Crippen molar-refractivity contribution in [2.45, 2.75) is 52.9 Å². The maximum atomic E-state index is 4.94. The number of rotatable bonds is 4. The van der Waals surface area contributed by atoms with Crippen molar-refractivity contribution in [3.8, 4) is 0 Å². The quantitative estimate of drug-likeness (QED) is 0.486. The Labute approximate surface area is 89.5 Å². The van der Waals surface area contributed by atoms with Crippen LogP contribution in [-0.4, -0.2) is 13.2 Å². The molecule has 84 valence electrons. The van der Waals surface area contributed by atoms with Crippen LogP contribution in [0, 0.1) is 5.92 Å². The van der Waals surface area contributed by atoms with Gasteiger partial charge in [0.15, 0.2) is 0 Å². The molecule has 0 saturated carbocycles. The van der Waals surface area contributed by atoms with Crippen LogP contribution >= 0.6 is 0 Å². The van der Waals surface area contributed by atoms with Gasteiger partial charge in [-0.2, -0.15) is 0 Å². The van der Waals surface area contributed by atoms with Crippen LogP contribution in [0.3, 0.4) is 0 Å². The molecule has 1 rings (SSSR count). The lowest BCUT2D eigenvalue weighted by Crippen LogP contribution is -1.76. The van der Waals surface area contributed by atoms with Crippen molar-refractivity contribution in [1.29, 1.82) is 0 Å². The van der Waals surface area contributed by atoms with Gasteiger partial charge in [0, 0.05) is 13.2 Å². The number of ether oxygens (including phenoxy) is 1. The molecule has 1 fully saturated rings. The summed E-state index contributed by atoms with van der Waals surface area (Å²) < 4.78 is 4.94. The van der Waals surface area contributed by atoms with Crippen LogP contribution in [0.5, 0.6) is 0 Å². The maximum absolute atomic E-state index is 4.94. The van der Waals surface area contributed by atoms with Gasteiger partial charge < -0.3 is 4.74 Å². The van der Waals surface area contributed by atoms with Gasteiger partial charge >= 0.3 is 0 Å². The minimum Gasteiger partial charge on any atom is -0.381 e. The van der Waals surface area contributed by atoms with E-state index in [-0.39, 0.29) is 0 Å². The van der Waals surface area contributed by atoms with E-state index in [1.54, 1.807) is 0 Å². The second-order valence-corrected chi connectivity index (χ2v) is 4.13. The SMILES string of the molecule is C1CCOC1.CCCCC=CC(C)C. The van der Waals surface area contributed by atoms with Crippen molar-refractivity contribution in [2.24, 2.45) is 5.92 Å². The molecule has 1 aliphatic rings. The molecule has 0 unspecified atom stereocenters. The highest BCUT2D eigenvalue weighted by Crippen LogP contribution is 1.99. The molecule has 0 aromatic carbocycles. The first-order chi connectivity index (χ1) is 6.77. The first kappa shape index (κ1) is 13.7. The van der Waals surface area contributed by atoms with Gasteiger partial charge in [-0.3, -0.25) is 0 Å². The van der Waals surface area contributed by atoms with Crippen LogP contribution in [0.1, 0.15) is 52.9 Å². The monoisotopic (exact) mass is 198 g/mol. The van der Waals surface area contributed by atoms with Crippen LogP contribution in [0.15, 0.2) is 12.2 Å². The van der Waals surface area contributed by atoms with E-state index in [0.717, 1.165) is 19.1 Å². The van der Waals surface area contributed by atoms with Crippen molar-refractivity contribution in [2.75, 3.05) is 13.2 Å². The van der Waals surface area contributed by atoms with E-state index in [2.05, 4.69) is 32.9 Å². The topological polar surface area (TPSA) is 9.23 Å². The van der Waals surface area contributed by atoms with Gasteiger partial charge in [0.1, 0.15) is 0 Å². The molecule has 0 aromatic heterocycles. The molecule has 1 heterocycles. The van der Waals surface area contributed by atoms with E-state index in [9.17, 15) is 0 Å². The molecule has 0 aromatic rings. The minimum atomic E-state index is 0.724. The molecule has 0 spiro atoms. The molecule has 0 amide bonds. The Balaban J connectivity index is 0.000000280. The highest BCUT2D eigenvalue weighted by molar-refractivity contribution is 4.83. The Morgan fingerprint density at radius 3 is 2.21 bits per heavy atom. The highest BCUT2D eigenvalue weighted by atomic mass is 16.5. The largest absolute Gasteiger partial charge is 0.381 e. The summed E-state index contributed by atoms with van der Waals surface area (Å²) in [4.78, 5) is 0. The summed E-state index contributed by atoms with van der Waals surface area (Å²) in [5.41, 5.74) is 0. The number of hydrogen-bond donors (Lipinski definition) is 0. The number of unbranched alkanes of at least 4 members (excludes halogenated alkanes) is 2. The van der Waals surface area contributed by atoms with Crippen LogP contribution in [0.4, 0.5) is 0 Å². The molecule has 0 radical (unpaired) electrons. The maximum Gasteiger partial charge on any atom is 0.0466 e. The summed E-state index contributed by atoms with van der Waals surface area (Å²) in [6.45, 7) is 8.65. The van der Waals surface area contributed by atoms with Crippen LogP contribution in [-0.2, 0) is 4.74 Å². The molecule has 0 atom stereocenters. The van der Waals surface area contributed by atoms with Crippen molar-refractivity contribution in [3.05, 3.63) is 12.2 Å². The zero-order valence-corrected chi connectivity index (χ0v) is 10.1. The predicted molar refractivity (Wildman–Crippen MR) is 63.6 cm³/mol. The first-order valence-corrected chi connectivity index (χ1v) is 6.01. The molecule has 0 bridgehead atoms. The van der Waals surface area contributed by atoms with E-state index < -0.39 is 0 Å². The Morgan fingerprint density at radius 1 is 1.21 bits per heavy atom. The molecule has 1 nitrogen and oxygen atoms in total. The number of hydrogen-bond acceptors (Lipinski definition) is 1. The van der Waals surface area contributed by atoms with Gasteiger partial charge in [-0.15, -0.1) is 0 Å². The smallest absolute Gasteiger partial charge is 0.0466 e. The summed E-state index contributed by atoms with van der Waals surface area (Å²) >= 11 is 0. The average Bonchev–Trinajstić information content (AvgIpc) is 2.70. The summed E-state index contributed by atoms with van der Waals surface area (Å²) in [5.74, 6) is 0.724. The highest BCUT2D eigenvalue weighted by Gasteiger charge is 1.94. The van der Waals surface area contributed by atoms with Gasteiger partial charge in [0.25, 0.3) is 0 Å². The van der Waals surface area contributed by atoms with E-state index in [1.165, 1.54) is 32.1 Å². The fourth-order valence-electron chi connectivity index (χ4n) is 1.20. The van der Waals surface area contributed by atoms with Crippen LogP contribution in [0.25, 0.3) is 0 Å². The van der Waals surface area contributed by atoms with E-state index >= 15 is 0 Å². The first-order valence-electron chi connectivity index (χ1n) is 6.01. The third-order valence-corrected chi connectivity index (χ3v) is 2.07. The number of allylic oxidation sites excluding steroid dienone is 2. The predicted octanol–water partition coefficient (Wildman–Crippen LogP) is 4.19. The second kappa shape index (κ2) is 10.8. The second-order valence-electron chi connectivity index (χ2n) is 4.13. The summed E-state index contributed by atoms with van der Waals surface area (Å²) in [5, 5.41) is 0. The molecular weight excluding hydrogens is 172 g/mol. The van der Waals surface area contributed by atoms with Gasteiger partial charge in [-0.1, -0.05) is 45.8 Å². The third-order valence-electron chi connectivity index (χ3n) is 2.07. The molecule has 1 heteroatoms. The standard InChI is InChI=1S/C9H18.C4H8O/c1-4-5-6-7-8-9(2)3;1-2-4-5-3-1/h7-9H,4-6H2,1-3H3;1-4H2. The molecule has 14 heavy (non-hydrogen) atoms. The Morgan fingerprint density at radius 2 is 1.86 bits per heavy atom. The Bertz CT molecular complexity index is 116. The third kappa shape index (κ3) is 11.7. The van der Waals surface area contributed by atoms with Crippen LogP contribution in [0.2, 0.25) is 0 Å². The van der Waals surface area contributed by atoms with E-state index in [4.69, 9.17) is 4.74 Å². The summed E-state index contributed by atoms with van der Waals surface area (Å²) in [6.07, 6.45) is 11.0. The minimum absolute atomic E-state index is 0.724. The van der Waals surface area contributed by atoms with Crippen molar-refractivity contribution in [1.82, 2.24) is 0 Å². The van der Waals surface area contributed by atoms with E-state index in [1.807, 2.05) is 0 Å². The molecule has 0 aliphatic carbocycles. The fraction of sp³-hybridized carbons (Fsp3) is 0.846. The zero-order chi connectivity index (χ0) is 10.6. The molecular formula is C13H26O. The van der Waals surface area contributed by atoms with Crippen molar-refractivity contribution < 1.29 is 4.74 Å².